The van der Waals surface area contributed by atoms with Gasteiger partial charge in [-0.15, -0.1) is 0 Å². The van der Waals surface area contributed by atoms with Crippen LogP contribution >= 0.6 is 0 Å². The van der Waals surface area contributed by atoms with E-state index in [4.69, 9.17) is 0 Å². The highest BCUT2D eigenvalue weighted by Crippen LogP contribution is 2.69. The third-order valence-corrected chi connectivity index (χ3v) is 15.8. The molecule has 58 heavy (non-hydrogen) atoms. The minimum Gasteiger partial charge on any atom is -0.310 e. The van der Waals surface area contributed by atoms with Gasteiger partial charge in [-0.05, 0) is 175 Å². The highest BCUT2D eigenvalue weighted by atomic mass is 15.1. The van der Waals surface area contributed by atoms with Crippen LogP contribution in [0.3, 0.4) is 0 Å². The molecule has 1 spiro atoms. The first-order valence-electron chi connectivity index (χ1n) is 21.8. The molecule has 1 nitrogen and oxygen atoms in total. The van der Waals surface area contributed by atoms with Crippen molar-refractivity contribution in [3.8, 4) is 33.4 Å². The monoisotopic (exact) mass is 745 g/mol. The van der Waals surface area contributed by atoms with Gasteiger partial charge in [0.05, 0.1) is 0 Å². The number of nitrogens with zero attached hydrogens (tertiary/aromatic N) is 1. The average Bonchev–Trinajstić information content (AvgIpc) is 3.68. The third kappa shape index (κ3) is 4.43. The van der Waals surface area contributed by atoms with E-state index in [1.807, 2.05) is 0 Å². The molecule has 8 aromatic carbocycles. The van der Waals surface area contributed by atoms with E-state index in [0.717, 1.165) is 23.7 Å². The molecule has 280 valence electrons. The van der Waals surface area contributed by atoms with Gasteiger partial charge in [0.25, 0.3) is 0 Å². The van der Waals surface area contributed by atoms with Gasteiger partial charge in [-0.2, -0.15) is 0 Å². The molecule has 0 saturated heterocycles. The first kappa shape index (κ1) is 33.1. The molecule has 1 heteroatoms. The standard InChI is InChI=1S/C57H47N/c1-56(2)52-13-7-5-11-48(52)50-25-22-45(34-55(50)56)58(43-20-17-37(18-21-43)39-19-24-47-40(32-39)16-15-38-9-3-4-10-46(38)47)44-23-26-54-51(33-44)49-12-6-8-14-53(49)57(54)41-28-35-27-36(30-41)31-42(57)29-35/h3-26,32-36,41-42H,27-31H2,1-2H3. The Morgan fingerprint density at radius 3 is 1.76 bits per heavy atom. The van der Waals surface area contributed by atoms with Crippen LogP contribution in [-0.4, -0.2) is 0 Å². The van der Waals surface area contributed by atoms with Gasteiger partial charge in [-0.3, -0.25) is 0 Å². The van der Waals surface area contributed by atoms with E-state index in [-0.39, 0.29) is 10.8 Å². The summed E-state index contributed by atoms with van der Waals surface area (Å²) in [5.74, 6) is 3.39. The topological polar surface area (TPSA) is 3.24 Å². The van der Waals surface area contributed by atoms with E-state index in [1.165, 1.54) is 115 Å². The Bertz CT molecular complexity index is 2970. The van der Waals surface area contributed by atoms with Crippen molar-refractivity contribution in [1.82, 2.24) is 0 Å². The van der Waals surface area contributed by atoms with Crippen LogP contribution in [0.5, 0.6) is 0 Å². The van der Waals surface area contributed by atoms with Crippen molar-refractivity contribution in [2.75, 3.05) is 4.90 Å². The summed E-state index contributed by atoms with van der Waals surface area (Å²) in [6, 6.07) is 62.8. The van der Waals surface area contributed by atoms with Gasteiger partial charge in [-0.25, -0.2) is 0 Å². The van der Waals surface area contributed by atoms with Gasteiger partial charge < -0.3 is 4.90 Å². The molecule has 8 aromatic rings. The second kappa shape index (κ2) is 11.8. The van der Waals surface area contributed by atoms with Crippen molar-refractivity contribution < 1.29 is 0 Å². The minimum atomic E-state index is -0.0817. The Hall–Kier alpha value is -5.92. The molecular weight excluding hydrogens is 699 g/mol. The zero-order valence-corrected chi connectivity index (χ0v) is 33.4. The molecule has 14 rings (SSSR count). The molecule has 0 amide bonds. The Morgan fingerprint density at radius 1 is 0.397 bits per heavy atom. The SMILES string of the molecule is CC1(C)c2ccccc2-c2ccc(N(c3ccc(-c4ccc5c(ccc6ccccc65)c4)cc3)c3ccc4c(c3)-c3ccccc3C43C4CC5CC(C4)CC3C5)cc21. The van der Waals surface area contributed by atoms with Gasteiger partial charge >= 0.3 is 0 Å². The number of hydrogen-bond acceptors (Lipinski definition) is 1. The van der Waals surface area contributed by atoms with Gasteiger partial charge in [0.2, 0.25) is 0 Å². The summed E-state index contributed by atoms with van der Waals surface area (Å²) in [5.41, 5.74) is 17.9. The lowest BCUT2D eigenvalue weighted by Gasteiger charge is -2.61. The highest BCUT2D eigenvalue weighted by Gasteiger charge is 2.61. The molecular formula is C57H47N. The molecule has 0 N–H and O–H groups in total. The molecule has 4 bridgehead atoms. The third-order valence-electron chi connectivity index (χ3n) is 15.8. The van der Waals surface area contributed by atoms with Crippen molar-refractivity contribution in [3.63, 3.8) is 0 Å². The summed E-state index contributed by atoms with van der Waals surface area (Å²) < 4.78 is 0. The molecule has 0 atom stereocenters. The molecule has 0 aliphatic heterocycles. The largest absolute Gasteiger partial charge is 0.310 e. The zero-order chi connectivity index (χ0) is 38.3. The number of anilines is 3. The first-order chi connectivity index (χ1) is 28.4. The Morgan fingerprint density at radius 2 is 0.966 bits per heavy atom. The van der Waals surface area contributed by atoms with Crippen LogP contribution in [0.25, 0.3) is 54.9 Å². The van der Waals surface area contributed by atoms with E-state index in [2.05, 4.69) is 183 Å². The van der Waals surface area contributed by atoms with Crippen molar-refractivity contribution in [1.29, 1.82) is 0 Å². The zero-order valence-electron chi connectivity index (χ0n) is 33.4. The smallest absolute Gasteiger partial charge is 0.0468 e. The Balaban J connectivity index is 0.959. The van der Waals surface area contributed by atoms with E-state index in [0.29, 0.717) is 0 Å². The van der Waals surface area contributed by atoms with E-state index >= 15 is 0 Å². The lowest BCUT2D eigenvalue weighted by atomic mass is 9.43. The van der Waals surface area contributed by atoms with Crippen molar-refractivity contribution >= 4 is 38.6 Å². The number of benzene rings is 8. The number of hydrogen-bond donors (Lipinski definition) is 0. The maximum Gasteiger partial charge on any atom is 0.0468 e. The fourth-order valence-corrected chi connectivity index (χ4v) is 13.6. The maximum absolute atomic E-state index is 2.57. The Kier molecular flexibility index (Phi) is 6.75. The van der Waals surface area contributed by atoms with Crippen LogP contribution < -0.4 is 4.90 Å². The van der Waals surface area contributed by atoms with E-state index in [1.54, 1.807) is 11.1 Å². The lowest BCUT2D eigenvalue weighted by molar-refractivity contribution is -0.0399. The molecule has 6 aliphatic carbocycles. The highest BCUT2D eigenvalue weighted by molar-refractivity contribution is 6.08. The first-order valence-corrected chi connectivity index (χ1v) is 21.8. The van der Waals surface area contributed by atoms with E-state index < -0.39 is 0 Å². The van der Waals surface area contributed by atoms with Crippen LogP contribution in [0.2, 0.25) is 0 Å². The van der Waals surface area contributed by atoms with Crippen molar-refractivity contribution in [2.45, 2.75) is 56.8 Å². The van der Waals surface area contributed by atoms with Crippen LogP contribution in [-0.2, 0) is 10.8 Å². The summed E-state index contributed by atoms with van der Waals surface area (Å²) in [5, 5.41) is 5.18. The summed E-state index contributed by atoms with van der Waals surface area (Å²) in [6.07, 6.45) is 7.10. The van der Waals surface area contributed by atoms with E-state index in [9.17, 15) is 0 Å². The maximum atomic E-state index is 2.57. The van der Waals surface area contributed by atoms with Gasteiger partial charge in [0.15, 0.2) is 0 Å². The normalized spacial score (nSPS) is 23.9. The van der Waals surface area contributed by atoms with Crippen LogP contribution in [0, 0.1) is 23.7 Å². The fourth-order valence-electron chi connectivity index (χ4n) is 13.6. The van der Waals surface area contributed by atoms with Gasteiger partial charge in [-0.1, -0.05) is 135 Å². The quantitative estimate of drug-likeness (QED) is 0.162. The average molecular weight is 746 g/mol. The van der Waals surface area contributed by atoms with Gasteiger partial charge in [0, 0.05) is 27.9 Å². The summed E-state index contributed by atoms with van der Waals surface area (Å²) in [4.78, 5) is 2.53. The molecule has 0 aromatic heterocycles. The fraction of sp³-hybridized carbons (Fsp3) is 0.228. The second-order valence-electron chi connectivity index (χ2n) is 19.0. The number of fused-ring (bicyclic) bond motifs is 9. The molecule has 0 unspecified atom stereocenters. The second-order valence-corrected chi connectivity index (χ2v) is 19.0. The predicted octanol–water partition coefficient (Wildman–Crippen LogP) is 15.2. The van der Waals surface area contributed by atoms with Crippen molar-refractivity contribution in [2.24, 2.45) is 23.7 Å². The van der Waals surface area contributed by atoms with Gasteiger partial charge in [0.1, 0.15) is 0 Å². The lowest BCUT2D eigenvalue weighted by Crippen LogP contribution is -2.55. The summed E-state index contributed by atoms with van der Waals surface area (Å²) >= 11 is 0. The molecule has 6 aliphatic rings. The van der Waals surface area contributed by atoms with Crippen LogP contribution in [0.1, 0.15) is 68.2 Å². The predicted molar refractivity (Wildman–Crippen MR) is 242 cm³/mol. The summed E-state index contributed by atoms with van der Waals surface area (Å²) in [6.45, 7) is 4.79. The Labute approximate surface area is 342 Å². The molecule has 0 radical (unpaired) electrons. The summed E-state index contributed by atoms with van der Waals surface area (Å²) in [7, 11) is 0. The number of rotatable bonds is 4. The molecule has 0 heterocycles. The minimum absolute atomic E-state index is 0.0817. The van der Waals surface area contributed by atoms with Crippen molar-refractivity contribution in [3.05, 3.63) is 186 Å². The van der Waals surface area contributed by atoms with Crippen LogP contribution in [0.15, 0.2) is 164 Å². The molecule has 4 fully saturated rings. The van der Waals surface area contributed by atoms with Crippen LogP contribution in [0.4, 0.5) is 17.1 Å². The molecule has 4 saturated carbocycles.